The molecular formula is C22H14Cl2N2O4S2. The molecule has 32 heavy (non-hydrogen) atoms. The molecule has 2 N–H and O–H groups in total. The summed E-state index contributed by atoms with van der Waals surface area (Å²) < 4.78 is 5.72. The Balaban J connectivity index is 1.31. The summed E-state index contributed by atoms with van der Waals surface area (Å²) in [6, 6.07) is 13.0. The Morgan fingerprint density at radius 3 is 1.22 bits per heavy atom. The summed E-state index contributed by atoms with van der Waals surface area (Å²) in [4.78, 5) is 50.0. The Morgan fingerprint density at radius 2 is 0.875 bits per heavy atom. The molecule has 0 fully saturated rings. The highest BCUT2D eigenvalue weighted by Crippen LogP contribution is 2.29. The van der Waals surface area contributed by atoms with Crippen molar-refractivity contribution in [2.45, 2.75) is 0 Å². The van der Waals surface area contributed by atoms with Crippen molar-refractivity contribution in [3.63, 3.8) is 0 Å². The molecule has 0 atom stereocenters. The van der Waals surface area contributed by atoms with Gasteiger partial charge in [0.15, 0.2) is 0 Å². The van der Waals surface area contributed by atoms with E-state index < -0.39 is 11.6 Å². The van der Waals surface area contributed by atoms with Crippen LogP contribution >= 0.6 is 47.1 Å². The van der Waals surface area contributed by atoms with E-state index in [0.717, 1.165) is 0 Å². The number of nitrogens with one attached hydrogen (secondary N) is 2. The number of hydrogen-bond donors (Lipinski definition) is 2. The van der Waals surface area contributed by atoms with Gasteiger partial charge in [0.1, 0.15) is 21.5 Å². The van der Waals surface area contributed by atoms with E-state index in [0.29, 0.717) is 22.6 Å². The minimum Gasteiger partial charge on any atom is -0.325 e. The minimum absolute atomic E-state index is 0.0498. The minimum atomic E-state index is -0.400. The molecule has 0 radical (unpaired) electrons. The van der Waals surface area contributed by atoms with E-state index in [-0.39, 0.29) is 44.2 Å². The summed E-state index contributed by atoms with van der Waals surface area (Å²) in [6.07, 6.45) is 0. The van der Waals surface area contributed by atoms with E-state index in [9.17, 15) is 19.2 Å². The van der Waals surface area contributed by atoms with Gasteiger partial charge in [0.2, 0.25) is 23.1 Å². The van der Waals surface area contributed by atoms with Gasteiger partial charge in [0.05, 0.1) is 0 Å². The molecule has 0 bridgehead atoms. The van der Waals surface area contributed by atoms with Gasteiger partial charge in [0, 0.05) is 33.8 Å². The molecule has 6 nitrogen and oxygen atoms in total. The maximum atomic E-state index is 12.6. The lowest BCUT2D eigenvalue weighted by Crippen LogP contribution is -2.27. The number of allylic oxidation sites excluding steroid dienone is 4. The number of rotatable bonds is 7. The SMILES string of the molecule is O=C1C(Cl)=C(NSCCSNC2=C(Cl)C(=O)c3ccccc3C2=O)C(=O)c2ccccc21. The third-order valence-electron chi connectivity index (χ3n) is 4.76. The number of ketones is 4. The highest BCUT2D eigenvalue weighted by atomic mass is 35.5. The van der Waals surface area contributed by atoms with E-state index in [4.69, 9.17) is 23.2 Å². The van der Waals surface area contributed by atoms with Crippen LogP contribution in [0.3, 0.4) is 0 Å². The fourth-order valence-electron chi connectivity index (χ4n) is 3.20. The predicted octanol–water partition coefficient (Wildman–Crippen LogP) is 4.52. The molecule has 2 aromatic carbocycles. The van der Waals surface area contributed by atoms with Crippen LogP contribution in [-0.4, -0.2) is 34.6 Å². The third kappa shape index (κ3) is 4.11. The summed E-state index contributed by atoms with van der Waals surface area (Å²) in [5.74, 6) is -0.488. The standard InChI is InChI=1S/C22H14Cl2N2O4S2/c23-15-17(21(29)13-7-3-1-5-11(13)19(15)27)25-31-9-10-32-26-18-16(24)20(28)12-6-2-4-8-14(12)22(18)30/h1-8,25-26H,9-10H2. The summed E-state index contributed by atoms with van der Waals surface area (Å²) in [7, 11) is 0. The van der Waals surface area contributed by atoms with Crippen LogP contribution in [0.4, 0.5) is 0 Å². The van der Waals surface area contributed by atoms with Crippen molar-refractivity contribution >= 4 is 70.2 Å². The van der Waals surface area contributed by atoms with E-state index in [2.05, 4.69) is 9.44 Å². The normalized spacial score (nSPS) is 15.7. The van der Waals surface area contributed by atoms with Crippen LogP contribution in [0.5, 0.6) is 0 Å². The molecule has 0 aliphatic heterocycles. The Morgan fingerprint density at radius 1 is 0.562 bits per heavy atom. The highest BCUT2D eigenvalue weighted by molar-refractivity contribution is 8.01. The van der Waals surface area contributed by atoms with Gasteiger partial charge in [-0.2, -0.15) is 0 Å². The Kier molecular flexibility index (Phi) is 6.76. The fourth-order valence-corrected chi connectivity index (χ4v) is 5.33. The summed E-state index contributed by atoms with van der Waals surface area (Å²) in [5.41, 5.74) is 1.29. The molecule has 2 aliphatic carbocycles. The number of hydrogen-bond acceptors (Lipinski definition) is 8. The van der Waals surface area contributed by atoms with Gasteiger partial charge in [-0.3, -0.25) is 19.2 Å². The monoisotopic (exact) mass is 504 g/mol. The first-order valence-electron chi connectivity index (χ1n) is 9.33. The molecule has 0 amide bonds. The third-order valence-corrected chi connectivity index (χ3v) is 7.25. The van der Waals surface area contributed by atoms with Crippen LogP contribution in [0.1, 0.15) is 41.4 Å². The summed E-state index contributed by atoms with van der Waals surface area (Å²) >= 11 is 14.6. The number of carbonyl (C=O) groups is 4. The van der Waals surface area contributed by atoms with Gasteiger partial charge in [0.25, 0.3) is 0 Å². The molecule has 0 heterocycles. The average molecular weight is 505 g/mol. The smallest absolute Gasteiger partial charge is 0.212 e. The van der Waals surface area contributed by atoms with Gasteiger partial charge in [-0.25, -0.2) is 0 Å². The topological polar surface area (TPSA) is 92.3 Å². The molecular weight excluding hydrogens is 491 g/mol. The van der Waals surface area contributed by atoms with Crippen molar-refractivity contribution in [3.05, 3.63) is 92.2 Å². The zero-order chi connectivity index (χ0) is 22.8. The largest absolute Gasteiger partial charge is 0.325 e. The second kappa shape index (κ2) is 9.54. The van der Waals surface area contributed by atoms with Crippen LogP contribution < -0.4 is 9.44 Å². The Hall–Kier alpha value is -2.52. The van der Waals surface area contributed by atoms with Crippen LogP contribution in [0, 0.1) is 0 Å². The Bertz CT molecular complexity index is 1140. The summed E-state index contributed by atoms with van der Waals surface area (Å²) in [5, 5.41) is -0.289. The quantitative estimate of drug-likeness (QED) is 0.419. The van der Waals surface area contributed by atoms with Crippen molar-refractivity contribution in [3.8, 4) is 0 Å². The van der Waals surface area contributed by atoms with Crippen LogP contribution in [-0.2, 0) is 0 Å². The zero-order valence-electron chi connectivity index (χ0n) is 16.2. The molecule has 0 saturated heterocycles. The van der Waals surface area contributed by atoms with Crippen LogP contribution in [0.15, 0.2) is 70.0 Å². The lowest BCUT2D eigenvalue weighted by Gasteiger charge is -2.19. The van der Waals surface area contributed by atoms with E-state index in [1.54, 1.807) is 48.5 Å². The van der Waals surface area contributed by atoms with Crippen molar-refractivity contribution in [2.24, 2.45) is 0 Å². The number of benzene rings is 2. The molecule has 2 aromatic rings. The molecule has 162 valence electrons. The van der Waals surface area contributed by atoms with Gasteiger partial charge >= 0.3 is 0 Å². The number of carbonyl (C=O) groups excluding carboxylic acids is 4. The molecule has 0 aromatic heterocycles. The maximum Gasteiger partial charge on any atom is 0.212 e. The van der Waals surface area contributed by atoms with E-state index >= 15 is 0 Å². The lowest BCUT2D eigenvalue weighted by atomic mass is 9.93. The van der Waals surface area contributed by atoms with Crippen molar-refractivity contribution < 1.29 is 19.2 Å². The fraction of sp³-hybridized carbons (Fsp3) is 0.0909. The number of fused-ring (bicyclic) bond motifs is 2. The van der Waals surface area contributed by atoms with Crippen molar-refractivity contribution in [1.82, 2.24) is 9.44 Å². The number of halogens is 2. The van der Waals surface area contributed by atoms with Crippen LogP contribution in [0.25, 0.3) is 0 Å². The Labute approximate surface area is 202 Å². The van der Waals surface area contributed by atoms with Gasteiger partial charge in [-0.1, -0.05) is 95.6 Å². The van der Waals surface area contributed by atoms with Crippen molar-refractivity contribution in [2.75, 3.05) is 11.5 Å². The zero-order valence-corrected chi connectivity index (χ0v) is 19.4. The molecule has 0 saturated carbocycles. The second-order valence-corrected chi connectivity index (χ2v) is 9.24. The second-order valence-electron chi connectivity index (χ2n) is 6.69. The van der Waals surface area contributed by atoms with Crippen LogP contribution in [0.2, 0.25) is 0 Å². The van der Waals surface area contributed by atoms with E-state index in [1.165, 1.54) is 23.9 Å². The van der Waals surface area contributed by atoms with Crippen molar-refractivity contribution in [1.29, 1.82) is 0 Å². The highest BCUT2D eigenvalue weighted by Gasteiger charge is 2.32. The van der Waals surface area contributed by atoms with Gasteiger partial charge in [-0.15, -0.1) is 0 Å². The molecule has 10 heteroatoms. The molecule has 4 rings (SSSR count). The molecule has 2 aliphatic rings. The number of Topliss-reactive ketones (excluding diaryl/α,β-unsaturated/α-hetero) is 4. The van der Waals surface area contributed by atoms with E-state index in [1.807, 2.05) is 0 Å². The predicted molar refractivity (Wildman–Crippen MR) is 127 cm³/mol. The maximum absolute atomic E-state index is 12.6. The first kappa shape index (κ1) is 22.7. The average Bonchev–Trinajstić information content (AvgIpc) is 2.82. The lowest BCUT2D eigenvalue weighted by molar-refractivity contribution is 0.0978. The van der Waals surface area contributed by atoms with Gasteiger partial charge < -0.3 is 9.44 Å². The summed E-state index contributed by atoms with van der Waals surface area (Å²) in [6.45, 7) is 0. The molecule has 0 spiro atoms. The van der Waals surface area contributed by atoms with Gasteiger partial charge in [-0.05, 0) is 0 Å². The molecule has 0 unspecified atom stereocenters. The first-order chi connectivity index (χ1) is 15.4. The first-order valence-corrected chi connectivity index (χ1v) is 12.1.